The second kappa shape index (κ2) is 7.75. The lowest BCUT2D eigenvalue weighted by Crippen LogP contribution is -2.21. The Morgan fingerprint density at radius 2 is 1.88 bits per heavy atom. The van der Waals surface area contributed by atoms with E-state index in [0.29, 0.717) is 11.8 Å². The highest BCUT2D eigenvalue weighted by molar-refractivity contribution is 5.93. The second-order valence-electron chi connectivity index (χ2n) is 5.93. The largest absolute Gasteiger partial charge is 0.467 e. The van der Waals surface area contributed by atoms with Gasteiger partial charge in [-0.05, 0) is 36.1 Å². The fourth-order valence-electron chi connectivity index (χ4n) is 2.68. The van der Waals surface area contributed by atoms with Crippen molar-refractivity contribution in [1.82, 2.24) is 9.97 Å². The van der Waals surface area contributed by atoms with Crippen LogP contribution in [0, 0.1) is 0 Å². The van der Waals surface area contributed by atoms with Crippen LogP contribution < -0.4 is 10.1 Å². The summed E-state index contributed by atoms with van der Waals surface area (Å²) >= 11 is 0. The van der Waals surface area contributed by atoms with Crippen molar-refractivity contribution >= 4 is 22.5 Å². The molecule has 0 saturated carbocycles. The van der Waals surface area contributed by atoms with E-state index in [4.69, 9.17) is 4.74 Å². The van der Waals surface area contributed by atoms with Gasteiger partial charge in [-0.15, -0.1) is 0 Å². The predicted octanol–water partition coefficient (Wildman–Crippen LogP) is 4.16. The van der Waals surface area contributed by atoms with E-state index in [1.807, 2.05) is 48.5 Å². The van der Waals surface area contributed by atoms with Crippen LogP contribution in [0.25, 0.3) is 10.9 Å². The lowest BCUT2D eigenvalue weighted by Gasteiger charge is -2.15. The Balaban J connectivity index is 1.69. The fourth-order valence-corrected chi connectivity index (χ4v) is 2.68. The van der Waals surface area contributed by atoms with Crippen LogP contribution in [0.5, 0.6) is 5.88 Å². The Morgan fingerprint density at radius 3 is 2.72 bits per heavy atom. The van der Waals surface area contributed by atoms with E-state index < -0.39 is 0 Å². The molecule has 0 fully saturated rings. The zero-order valence-electron chi connectivity index (χ0n) is 14.4. The van der Waals surface area contributed by atoms with Gasteiger partial charge in [-0.2, -0.15) is 0 Å². The van der Waals surface area contributed by atoms with Crippen molar-refractivity contribution < 1.29 is 9.53 Å². The summed E-state index contributed by atoms with van der Waals surface area (Å²) in [5.41, 5.74) is 2.75. The number of hydrogen-bond donors (Lipinski definition) is 1. The number of nitrogens with zero attached hydrogens (tertiary/aromatic N) is 2. The van der Waals surface area contributed by atoms with Gasteiger partial charge in [0, 0.05) is 5.69 Å². The molecule has 1 atom stereocenters. The van der Waals surface area contributed by atoms with Crippen molar-refractivity contribution in [2.75, 3.05) is 11.9 Å². The molecule has 0 aliphatic rings. The van der Waals surface area contributed by atoms with Gasteiger partial charge in [0.2, 0.25) is 5.88 Å². The first-order valence-corrected chi connectivity index (χ1v) is 8.40. The highest BCUT2D eigenvalue weighted by Crippen LogP contribution is 2.26. The summed E-state index contributed by atoms with van der Waals surface area (Å²) in [6.45, 7) is 4.18. The molecule has 1 amide bonds. The van der Waals surface area contributed by atoms with Crippen LogP contribution in [0.2, 0.25) is 0 Å². The average Bonchev–Trinajstić information content (AvgIpc) is 2.66. The number of para-hydroxylation sites is 2. The first kappa shape index (κ1) is 16.9. The molecule has 128 valence electrons. The molecule has 2 aromatic carbocycles. The van der Waals surface area contributed by atoms with E-state index in [1.54, 1.807) is 0 Å². The maximum Gasteiger partial charge on any atom is 0.262 e. The third kappa shape index (κ3) is 3.94. The van der Waals surface area contributed by atoms with Crippen LogP contribution >= 0.6 is 0 Å². The van der Waals surface area contributed by atoms with Crippen LogP contribution in [-0.4, -0.2) is 22.5 Å². The van der Waals surface area contributed by atoms with Crippen molar-refractivity contribution in [2.24, 2.45) is 0 Å². The fraction of sp³-hybridized carbons (Fsp3) is 0.250. The summed E-state index contributed by atoms with van der Waals surface area (Å²) in [4.78, 5) is 20.6. The van der Waals surface area contributed by atoms with E-state index in [2.05, 4.69) is 29.1 Å². The van der Waals surface area contributed by atoms with Gasteiger partial charge in [0.05, 0.1) is 10.9 Å². The molecule has 5 nitrogen and oxygen atoms in total. The minimum atomic E-state index is -0.210. The molecule has 1 unspecified atom stereocenters. The third-order valence-corrected chi connectivity index (χ3v) is 4.22. The number of benzene rings is 2. The Labute approximate surface area is 147 Å². The predicted molar refractivity (Wildman–Crippen MR) is 98.8 cm³/mol. The minimum absolute atomic E-state index is 0.101. The van der Waals surface area contributed by atoms with Crippen LogP contribution in [0.1, 0.15) is 31.7 Å². The highest BCUT2D eigenvalue weighted by Gasteiger charge is 2.12. The number of anilines is 1. The topological polar surface area (TPSA) is 64.1 Å². The van der Waals surface area contributed by atoms with E-state index in [0.717, 1.165) is 28.6 Å². The number of ether oxygens (including phenoxy) is 1. The SMILES string of the molecule is CCC(C)c1ccccc1NC(=O)COc1ncnc2ccccc12. The molecule has 3 rings (SSSR count). The number of rotatable bonds is 6. The van der Waals surface area contributed by atoms with Gasteiger partial charge in [0.25, 0.3) is 5.91 Å². The lowest BCUT2D eigenvalue weighted by molar-refractivity contribution is -0.118. The summed E-state index contributed by atoms with van der Waals surface area (Å²) in [5.74, 6) is 0.581. The molecular formula is C20H21N3O2. The van der Waals surface area contributed by atoms with E-state index >= 15 is 0 Å². The van der Waals surface area contributed by atoms with E-state index in [9.17, 15) is 4.79 Å². The van der Waals surface area contributed by atoms with Crippen LogP contribution in [0.4, 0.5) is 5.69 Å². The normalized spacial score (nSPS) is 11.9. The standard InChI is InChI=1S/C20H21N3O2/c1-3-14(2)15-8-4-7-11-18(15)23-19(24)12-25-20-16-9-5-6-10-17(16)21-13-22-20/h4-11,13-14H,3,12H2,1-2H3,(H,23,24). The number of fused-ring (bicyclic) bond motifs is 1. The van der Waals surface area contributed by atoms with Gasteiger partial charge in [-0.1, -0.05) is 44.2 Å². The van der Waals surface area contributed by atoms with Crippen LogP contribution in [0.15, 0.2) is 54.9 Å². The molecule has 0 radical (unpaired) electrons. The Kier molecular flexibility index (Phi) is 5.23. The van der Waals surface area contributed by atoms with Crippen LogP contribution in [0.3, 0.4) is 0 Å². The molecule has 0 saturated heterocycles. The van der Waals surface area contributed by atoms with Crippen molar-refractivity contribution in [3.05, 3.63) is 60.4 Å². The van der Waals surface area contributed by atoms with Gasteiger partial charge >= 0.3 is 0 Å². The van der Waals surface area contributed by atoms with E-state index in [-0.39, 0.29) is 12.5 Å². The van der Waals surface area contributed by atoms with Gasteiger partial charge in [-0.25, -0.2) is 9.97 Å². The van der Waals surface area contributed by atoms with Crippen molar-refractivity contribution in [2.45, 2.75) is 26.2 Å². The van der Waals surface area contributed by atoms with Gasteiger partial charge in [0.15, 0.2) is 6.61 Å². The van der Waals surface area contributed by atoms with Gasteiger partial charge in [-0.3, -0.25) is 4.79 Å². The number of aromatic nitrogens is 2. The monoisotopic (exact) mass is 335 g/mol. The Morgan fingerprint density at radius 1 is 1.12 bits per heavy atom. The average molecular weight is 335 g/mol. The summed E-state index contributed by atoms with van der Waals surface area (Å²) in [7, 11) is 0. The molecule has 0 spiro atoms. The van der Waals surface area contributed by atoms with E-state index in [1.165, 1.54) is 6.33 Å². The quantitative estimate of drug-likeness (QED) is 0.734. The van der Waals surface area contributed by atoms with Crippen molar-refractivity contribution in [3.8, 4) is 5.88 Å². The number of nitrogens with one attached hydrogen (secondary N) is 1. The van der Waals surface area contributed by atoms with Gasteiger partial charge < -0.3 is 10.1 Å². The first-order valence-electron chi connectivity index (χ1n) is 8.40. The number of hydrogen-bond acceptors (Lipinski definition) is 4. The summed E-state index contributed by atoms with van der Waals surface area (Å²) < 4.78 is 5.62. The molecule has 0 aliphatic heterocycles. The lowest BCUT2D eigenvalue weighted by atomic mass is 9.97. The molecular weight excluding hydrogens is 314 g/mol. The number of amides is 1. The zero-order valence-corrected chi connectivity index (χ0v) is 14.4. The molecule has 1 aromatic heterocycles. The molecule has 0 bridgehead atoms. The highest BCUT2D eigenvalue weighted by atomic mass is 16.5. The maximum atomic E-state index is 12.3. The smallest absolute Gasteiger partial charge is 0.262 e. The summed E-state index contributed by atoms with van der Waals surface area (Å²) in [6, 6.07) is 15.4. The zero-order chi connectivity index (χ0) is 17.6. The molecule has 0 aliphatic carbocycles. The third-order valence-electron chi connectivity index (χ3n) is 4.22. The Bertz CT molecular complexity index is 874. The molecule has 5 heteroatoms. The van der Waals surface area contributed by atoms with Gasteiger partial charge in [0.1, 0.15) is 6.33 Å². The first-order chi connectivity index (χ1) is 12.2. The maximum absolute atomic E-state index is 12.3. The molecule has 1 N–H and O–H groups in total. The second-order valence-corrected chi connectivity index (χ2v) is 5.93. The summed E-state index contributed by atoms with van der Waals surface area (Å²) in [6.07, 6.45) is 2.45. The molecule has 1 heterocycles. The summed E-state index contributed by atoms with van der Waals surface area (Å²) in [5, 5.41) is 3.73. The van der Waals surface area contributed by atoms with Crippen LogP contribution in [-0.2, 0) is 4.79 Å². The molecule has 3 aromatic rings. The number of carbonyl (C=O) groups excluding carboxylic acids is 1. The van der Waals surface area contributed by atoms with Crippen molar-refractivity contribution in [3.63, 3.8) is 0 Å². The molecule has 25 heavy (non-hydrogen) atoms. The Hall–Kier alpha value is -2.95. The minimum Gasteiger partial charge on any atom is -0.467 e. The number of carbonyl (C=O) groups is 1. The van der Waals surface area contributed by atoms with Crippen molar-refractivity contribution in [1.29, 1.82) is 0 Å².